The zero-order valence-electron chi connectivity index (χ0n) is 12.9. The summed E-state index contributed by atoms with van der Waals surface area (Å²) in [4.78, 5) is 15.0. The number of nitrogens with zero attached hydrogens (tertiary/aromatic N) is 1. The molecule has 1 unspecified atom stereocenters. The minimum atomic E-state index is -0.230. The molecular formula is C17H25ClN2O. The normalized spacial score (nSPS) is 26.3. The van der Waals surface area contributed by atoms with Gasteiger partial charge in [-0.25, -0.2) is 0 Å². The van der Waals surface area contributed by atoms with Crippen molar-refractivity contribution in [2.24, 2.45) is 11.1 Å². The van der Waals surface area contributed by atoms with E-state index in [1.165, 1.54) is 11.1 Å². The van der Waals surface area contributed by atoms with Crippen LogP contribution in [0.4, 0.5) is 0 Å². The van der Waals surface area contributed by atoms with Crippen LogP contribution < -0.4 is 5.73 Å². The fourth-order valence-electron chi connectivity index (χ4n) is 3.36. The largest absolute Gasteiger partial charge is 0.341 e. The molecule has 116 valence electrons. The van der Waals surface area contributed by atoms with E-state index in [1.54, 1.807) is 0 Å². The maximum absolute atomic E-state index is 12.9. The molecule has 3 rings (SSSR count). The Bertz CT molecular complexity index is 541. The molecule has 21 heavy (non-hydrogen) atoms. The van der Waals surface area contributed by atoms with Gasteiger partial charge in [-0.1, -0.05) is 36.8 Å². The Kier molecular flexibility index (Phi) is 4.36. The molecule has 1 aromatic rings. The quantitative estimate of drug-likeness (QED) is 0.933. The van der Waals surface area contributed by atoms with E-state index >= 15 is 0 Å². The van der Waals surface area contributed by atoms with E-state index in [1.807, 2.05) is 4.90 Å². The minimum absolute atomic E-state index is 0. The van der Waals surface area contributed by atoms with Gasteiger partial charge in [-0.3, -0.25) is 4.79 Å². The smallest absolute Gasteiger partial charge is 0.233 e. The Morgan fingerprint density at radius 3 is 2.57 bits per heavy atom. The number of rotatable bonds is 3. The van der Waals surface area contributed by atoms with Crippen LogP contribution in [-0.4, -0.2) is 30.4 Å². The third-order valence-corrected chi connectivity index (χ3v) is 5.07. The molecule has 1 aromatic carbocycles. The van der Waals surface area contributed by atoms with Crippen molar-refractivity contribution in [2.45, 2.75) is 38.5 Å². The summed E-state index contributed by atoms with van der Waals surface area (Å²) in [5, 5.41) is 0. The highest BCUT2D eigenvalue weighted by Crippen LogP contribution is 2.50. The summed E-state index contributed by atoms with van der Waals surface area (Å²) in [5.41, 5.74) is 8.16. The minimum Gasteiger partial charge on any atom is -0.341 e. The number of nitrogens with two attached hydrogens (primary N) is 1. The highest BCUT2D eigenvalue weighted by atomic mass is 35.5. The number of carbonyl (C=O) groups is 1. The summed E-state index contributed by atoms with van der Waals surface area (Å²) in [6.07, 6.45) is 3.01. The van der Waals surface area contributed by atoms with Gasteiger partial charge >= 0.3 is 0 Å². The number of likely N-dealkylation sites (tertiary alicyclic amines) is 1. The van der Waals surface area contributed by atoms with Gasteiger partial charge in [-0.15, -0.1) is 12.4 Å². The van der Waals surface area contributed by atoms with Gasteiger partial charge in [0, 0.05) is 13.1 Å². The van der Waals surface area contributed by atoms with Crippen LogP contribution in [-0.2, 0) is 10.2 Å². The van der Waals surface area contributed by atoms with Crippen LogP contribution in [0.3, 0.4) is 0 Å². The van der Waals surface area contributed by atoms with E-state index in [-0.39, 0.29) is 23.2 Å². The number of carbonyl (C=O) groups excluding carboxylic acids is 1. The maximum atomic E-state index is 12.9. The fourth-order valence-corrected chi connectivity index (χ4v) is 3.36. The molecule has 0 radical (unpaired) electrons. The van der Waals surface area contributed by atoms with Crippen molar-refractivity contribution >= 4 is 18.3 Å². The van der Waals surface area contributed by atoms with Gasteiger partial charge in [0.2, 0.25) is 5.91 Å². The van der Waals surface area contributed by atoms with Gasteiger partial charge < -0.3 is 10.6 Å². The van der Waals surface area contributed by atoms with Crippen LogP contribution in [0.1, 0.15) is 37.3 Å². The zero-order chi connectivity index (χ0) is 14.4. The summed E-state index contributed by atoms with van der Waals surface area (Å²) < 4.78 is 0. The first-order valence-corrected chi connectivity index (χ1v) is 7.56. The number of hydrogen-bond donors (Lipinski definition) is 1. The average Bonchev–Trinajstić information content (AvgIpc) is 3.16. The second-order valence-electron chi connectivity index (χ2n) is 6.94. The van der Waals surface area contributed by atoms with Crippen LogP contribution in [0.2, 0.25) is 0 Å². The van der Waals surface area contributed by atoms with E-state index in [0.29, 0.717) is 12.5 Å². The Balaban J connectivity index is 0.00000161. The molecule has 2 N–H and O–H groups in total. The van der Waals surface area contributed by atoms with Gasteiger partial charge in [0.25, 0.3) is 0 Å². The molecule has 1 amide bonds. The van der Waals surface area contributed by atoms with Crippen molar-refractivity contribution in [1.29, 1.82) is 0 Å². The molecule has 1 saturated heterocycles. The van der Waals surface area contributed by atoms with Crippen LogP contribution >= 0.6 is 12.4 Å². The number of amides is 1. The zero-order valence-corrected chi connectivity index (χ0v) is 13.7. The summed E-state index contributed by atoms with van der Waals surface area (Å²) in [5.74, 6) is 0.320. The molecule has 2 fully saturated rings. The number of hydrogen-bond acceptors (Lipinski definition) is 2. The molecule has 4 heteroatoms. The molecule has 1 saturated carbocycles. The van der Waals surface area contributed by atoms with E-state index in [0.717, 1.165) is 32.4 Å². The molecule has 1 aliphatic heterocycles. The van der Waals surface area contributed by atoms with Gasteiger partial charge in [0.15, 0.2) is 0 Å². The molecule has 1 atom stereocenters. The lowest BCUT2D eigenvalue weighted by Crippen LogP contribution is -2.40. The third kappa shape index (κ3) is 2.82. The summed E-state index contributed by atoms with van der Waals surface area (Å²) in [6, 6.07) is 8.43. The lowest BCUT2D eigenvalue weighted by atomic mass is 9.90. The summed E-state index contributed by atoms with van der Waals surface area (Å²) in [7, 11) is 0. The van der Waals surface area contributed by atoms with Gasteiger partial charge in [-0.05, 0) is 43.7 Å². The fraction of sp³-hybridized carbons (Fsp3) is 0.588. The molecule has 1 heterocycles. The van der Waals surface area contributed by atoms with E-state index in [2.05, 4.69) is 38.1 Å². The van der Waals surface area contributed by atoms with Crippen LogP contribution in [0.25, 0.3) is 0 Å². The van der Waals surface area contributed by atoms with Crippen molar-refractivity contribution in [2.75, 3.05) is 19.6 Å². The number of halogens is 1. The predicted molar refractivity (Wildman–Crippen MR) is 87.7 cm³/mol. The first kappa shape index (κ1) is 16.3. The Hall–Kier alpha value is -1.06. The summed E-state index contributed by atoms with van der Waals surface area (Å²) >= 11 is 0. The van der Waals surface area contributed by atoms with E-state index < -0.39 is 0 Å². The lowest BCUT2D eigenvalue weighted by Gasteiger charge is -2.26. The summed E-state index contributed by atoms with van der Waals surface area (Å²) in [6.45, 7) is 6.61. The predicted octanol–water partition coefficient (Wildman–Crippen LogP) is 2.65. The van der Waals surface area contributed by atoms with Crippen molar-refractivity contribution in [3.05, 3.63) is 35.4 Å². The molecule has 3 nitrogen and oxygen atoms in total. The molecule has 1 aliphatic carbocycles. The Labute approximate surface area is 133 Å². The highest BCUT2D eigenvalue weighted by molar-refractivity contribution is 5.91. The van der Waals surface area contributed by atoms with Crippen LogP contribution in [0.15, 0.2) is 24.3 Å². The first-order valence-electron chi connectivity index (χ1n) is 7.56. The number of aryl methyl sites for hydroxylation is 1. The molecule has 0 spiro atoms. The van der Waals surface area contributed by atoms with Crippen molar-refractivity contribution in [1.82, 2.24) is 4.90 Å². The SMILES string of the molecule is Cc1cccc(C2(C(=O)N3CCC(C)(CN)C3)CC2)c1.Cl. The topological polar surface area (TPSA) is 46.3 Å². The average molecular weight is 309 g/mol. The monoisotopic (exact) mass is 308 g/mol. The van der Waals surface area contributed by atoms with Gasteiger partial charge in [-0.2, -0.15) is 0 Å². The van der Waals surface area contributed by atoms with E-state index in [4.69, 9.17) is 5.73 Å². The first-order chi connectivity index (χ1) is 9.49. The second kappa shape index (κ2) is 5.62. The number of benzene rings is 1. The van der Waals surface area contributed by atoms with Crippen molar-refractivity contribution < 1.29 is 4.79 Å². The Morgan fingerprint density at radius 2 is 2.05 bits per heavy atom. The van der Waals surface area contributed by atoms with Crippen LogP contribution in [0.5, 0.6) is 0 Å². The molecule has 0 aromatic heterocycles. The van der Waals surface area contributed by atoms with Crippen molar-refractivity contribution in [3.63, 3.8) is 0 Å². The highest BCUT2D eigenvalue weighted by Gasteiger charge is 2.54. The lowest BCUT2D eigenvalue weighted by molar-refractivity contribution is -0.133. The second-order valence-corrected chi connectivity index (χ2v) is 6.94. The third-order valence-electron chi connectivity index (χ3n) is 5.07. The van der Waals surface area contributed by atoms with Gasteiger partial charge in [0.1, 0.15) is 0 Å². The molecule has 0 bridgehead atoms. The standard InChI is InChI=1S/C17H24N2O.ClH/c1-13-4-3-5-14(10-13)17(6-7-17)15(20)19-9-8-16(2,11-18)12-19;/h3-5,10H,6-9,11-12,18H2,1-2H3;1H. The van der Waals surface area contributed by atoms with Gasteiger partial charge in [0.05, 0.1) is 5.41 Å². The molecule has 2 aliphatic rings. The van der Waals surface area contributed by atoms with Crippen molar-refractivity contribution in [3.8, 4) is 0 Å². The van der Waals surface area contributed by atoms with Crippen LogP contribution in [0, 0.1) is 12.3 Å². The molecular weight excluding hydrogens is 284 g/mol. The van der Waals surface area contributed by atoms with E-state index in [9.17, 15) is 4.79 Å². The Morgan fingerprint density at radius 1 is 1.33 bits per heavy atom. The maximum Gasteiger partial charge on any atom is 0.233 e.